The largest absolute Gasteiger partial charge is 0.323 e. The van der Waals surface area contributed by atoms with Crippen molar-refractivity contribution in [1.82, 2.24) is 25.0 Å². The minimum absolute atomic E-state index is 0.0672. The molecule has 1 fully saturated rings. The molecule has 1 aromatic heterocycles. The second-order valence-corrected chi connectivity index (χ2v) is 6.01. The predicted octanol–water partition coefficient (Wildman–Crippen LogP) is 1.15. The molecule has 0 aliphatic carbocycles. The first-order valence-electron chi connectivity index (χ1n) is 7.52. The molecule has 8 heteroatoms. The Morgan fingerprint density at radius 3 is 3.13 bits per heavy atom. The van der Waals surface area contributed by atoms with Crippen LogP contribution in [0, 0.1) is 0 Å². The highest BCUT2D eigenvalue weighted by Crippen LogP contribution is 2.24. The number of aromatic nitrogens is 3. The Morgan fingerprint density at radius 2 is 2.39 bits per heavy atom. The lowest BCUT2D eigenvalue weighted by Crippen LogP contribution is -2.52. The molecule has 0 unspecified atom stereocenters. The minimum Gasteiger partial charge on any atom is -0.323 e. The van der Waals surface area contributed by atoms with Crippen molar-refractivity contribution in [2.75, 3.05) is 31.5 Å². The molecule has 0 radical (unpaired) electrons. The van der Waals surface area contributed by atoms with E-state index in [1.165, 1.54) is 6.33 Å². The molecule has 1 amide bonds. The maximum absolute atomic E-state index is 12.4. The summed E-state index contributed by atoms with van der Waals surface area (Å²) in [5, 5.41) is 10.9. The molecule has 2 aromatic rings. The van der Waals surface area contributed by atoms with E-state index in [0.29, 0.717) is 23.3 Å². The van der Waals surface area contributed by atoms with Crippen LogP contribution in [0.3, 0.4) is 0 Å². The highest BCUT2D eigenvalue weighted by atomic mass is 35.5. The van der Waals surface area contributed by atoms with Crippen LogP contribution in [0.15, 0.2) is 30.9 Å². The summed E-state index contributed by atoms with van der Waals surface area (Å²) in [7, 11) is 0. The van der Waals surface area contributed by atoms with Crippen LogP contribution in [0.2, 0.25) is 5.02 Å². The lowest BCUT2D eigenvalue weighted by molar-refractivity contribution is -0.118. The molecule has 0 spiro atoms. The molecular formula is C15H19ClN6O. The molecule has 122 valence electrons. The fraction of sp³-hybridized carbons (Fsp3) is 0.400. The van der Waals surface area contributed by atoms with Gasteiger partial charge in [0.1, 0.15) is 12.7 Å². The number of nitrogens with zero attached hydrogens (tertiary/aromatic N) is 4. The van der Waals surface area contributed by atoms with Crippen LogP contribution in [0.5, 0.6) is 0 Å². The minimum atomic E-state index is -0.0672. The Kier molecular flexibility index (Phi) is 4.90. The van der Waals surface area contributed by atoms with Gasteiger partial charge in [-0.2, -0.15) is 5.10 Å². The van der Waals surface area contributed by atoms with Crippen molar-refractivity contribution in [3.05, 3.63) is 35.9 Å². The molecule has 1 aromatic carbocycles. The first kappa shape index (κ1) is 15.9. The molecule has 1 aliphatic rings. The molecule has 2 heterocycles. The lowest BCUT2D eigenvalue weighted by atomic mass is 10.2. The molecule has 1 aliphatic heterocycles. The zero-order valence-corrected chi connectivity index (χ0v) is 13.6. The number of carbonyl (C=O) groups is 1. The smallest absolute Gasteiger partial charge is 0.238 e. The lowest BCUT2D eigenvalue weighted by Gasteiger charge is -2.33. The summed E-state index contributed by atoms with van der Waals surface area (Å²) < 4.78 is 1.60. The molecule has 1 saturated heterocycles. The SMILES string of the molecule is C[C@H]1CNCCN1CC(=O)Nc1cc(Cl)ccc1-n1cncn1. The number of benzene rings is 1. The van der Waals surface area contributed by atoms with Gasteiger partial charge in [0, 0.05) is 30.7 Å². The molecule has 2 N–H and O–H groups in total. The van der Waals surface area contributed by atoms with E-state index in [2.05, 4.69) is 32.5 Å². The van der Waals surface area contributed by atoms with Gasteiger partial charge in [-0.25, -0.2) is 9.67 Å². The van der Waals surface area contributed by atoms with Crippen molar-refractivity contribution in [2.24, 2.45) is 0 Å². The number of rotatable bonds is 4. The zero-order chi connectivity index (χ0) is 16.2. The second-order valence-electron chi connectivity index (χ2n) is 5.57. The van der Waals surface area contributed by atoms with E-state index < -0.39 is 0 Å². The third-order valence-corrected chi connectivity index (χ3v) is 4.12. The number of hydrogen-bond donors (Lipinski definition) is 2. The second kappa shape index (κ2) is 7.08. The van der Waals surface area contributed by atoms with Crippen LogP contribution in [-0.4, -0.2) is 57.8 Å². The summed E-state index contributed by atoms with van der Waals surface area (Å²) in [4.78, 5) is 18.5. The Balaban J connectivity index is 1.74. The Hall–Kier alpha value is -1.96. The van der Waals surface area contributed by atoms with Crippen molar-refractivity contribution in [3.8, 4) is 5.69 Å². The van der Waals surface area contributed by atoms with Gasteiger partial charge in [0.15, 0.2) is 0 Å². The Labute approximate surface area is 139 Å². The first-order valence-corrected chi connectivity index (χ1v) is 7.90. The maximum Gasteiger partial charge on any atom is 0.238 e. The summed E-state index contributed by atoms with van der Waals surface area (Å²) in [5.74, 6) is -0.0672. The van der Waals surface area contributed by atoms with Crippen LogP contribution in [-0.2, 0) is 4.79 Å². The van der Waals surface area contributed by atoms with Crippen molar-refractivity contribution in [1.29, 1.82) is 0 Å². The quantitative estimate of drug-likeness (QED) is 0.877. The monoisotopic (exact) mass is 334 g/mol. The van der Waals surface area contributed by atoms with E-state index in [9.17, 15) is 4.79 Å². The molecule has 1 atom stereocenters. The van der Waals surface area contributed by atoms with Gasteiger partial charge in [-0.15, -0.1) is 0 Å². The number of nitrogens with one attached hydrogen (secondary N) is 2. The summed E-state index contributed by atoms with van der Waals surface area (Å²) in [6.45, 7) is 5.12. The Bertz CT molecular complexity index is 675. The van der Waals surface area contributed by atoms with Crippen LogP contribution in [0.25, 0.3) is 5.69 Å². The molecule has 3 rings (SSSR count). The number of amides is 1. The van der Waals surface area contributed by atoms with Crippen LogP contribution >= 0.6 is 11.6 Å². The highest BCUT2D eigenvalue weighted by molar-refractivity contribution is 6.31. The van der Waals surface area contributed by atoms with Gasteiger partial charge >= 0.3 is 0 Å². The van der Waals surface area contributed by atoms with E-state index in [0.717, 1.165) is 25.3 Å². The van der Waals surface area contributed by atoms with E-state index >= 15 is 0 Å². The maximum atomic E-state index is 12.4. The number of carbonyl (C=O) groups excluding carboxylic acids is 1. The normalized spacial score (nSPS) is 18.8. The third kappa shape index (κ3) is 3.87. The molecule has 7 nitrogen and oxygen atoms in total. The van der Waals surface area contributed by atoms with Gasteiger partial charge in [-0.3, -0.25) is 9.69 Å². The molecule has 0 saturated carbocycles. The molecule has 23 heavy (non-hydrogen) atoms. The number of hydrogen-bond acceptors (Lipinski definition) is 5. The van der Waals surface area contributed by atoms with Crippen molar-refractivity contribution in [3.63, 3.8) is 0 Å². The van der Waals surface area contributed by atoms with Crippen LogP contribution < -0.4 is 10.6 Å². The molecular weight excluding hydrogens is 316 g/mol. The van der Waals surface area contributed by atoms with Crippen molar-refractivity contribution < 1.29 is 4.79 Å². The highest BCUT2D eigenvalue weighted by Gasteiger charge is 2.20. The van der Waals surface area contributed by atoms with E-state index in [1.54, 1.807) is 29.2 Å². The topological polar surface area (TPSA) is 75.1 Å². The fourth-order valence-electron chi connectivity index (χ4n) is 2.63. The summed E-state index contributed by atoms with van der Waals surface area (Å²) in [6.07, 6.45) is 3.03. The summed E-state index contributed by atoms with van der Waals surface area (Å²) in [6, 6.07) is 5.62. The van der Waals surface area contributed by atoms with Gasteiger partial charge in [-0.1, -0.05) is 11.6 Å². The summed E-state index contributed by atoms with van der Waals surface area (Å²) in [5.41, 5.74) is 1.35. The van der Waals surface area contributed by atoms with Gasteiger partial charge in [0.25, 0.3) is 0 Å². The van der Waals surface area contributed by atoms with E-state index in [1.807, 2.05) is 0 Å². The van der Waals surface area contributed by atoms with Gasteiger partial charge in [0.05, 0.1) is 17.9 Å². The van der Waals surface area contributed by atoms with Crippen molar-refractivity contribution >= 4 is 23.2 Å². The average molecular weight is 335 g/mol. The van der Waals surface area contributed by atoms with Crippen molar-refractivity contribution in [2.45, 2.75) is 13.0 Å². The zero-order valence-electron chi connectivity index (χ0n) is 12.9. The van der Waals surface area contributed by atoms with Gasteiger partial charge in [-0.05, 0) is 25.1 Å². The predicted molar refractivity (Wildman–Crippen MR) is 88.9 cm³/mol. The van der Waals surface area contributed by atoms with Crippen LogP contribution in [0.4, 0.5) is 5.69 Å². The average Bonchev–Trinajstić information content (AvgIpc) is 3.04. The number of anilines is 1. The third-order valence-electron chi connectivity index (χ3n) is 3.88. The van der Waals surface area contributed by atoms with E-state index in [-0.39, 0.29) is 5.91 Å². The standard InChI is InChI=1S/C15H19ClN6O/c1-11-7-17-4-5-21(11)8-15(23)20-13-6-12(16)2-3-14(13)22-10-18-9-19-22/h2-3,6,9-11,17H,4-5,7-8H2,1H3,(H,20,23)/t11-/m0/s1. The van der Waals surface area contributed by atoms with E-state index in [4.69, 9.17) is 11.6 Å². The van der Waals surface area contributed by atoms with Gasteiger partial charge < -0.3 is 10.6 Å². The number of piperazine rings is 1. The van der Waals surface area contributed by atoms with Crippen LogP contribution in [0.1, 0.15) is 6.92 Å². The fourth-order valence-corrected chi connectivity index (χ4v) is 2.81. The Morgan fingerprint density at radius 1 is 1.52 bits per heavy atom. The molecule has 0 bridgehead atoms. The number of halogens is 1. The summed E-state index contributed by atoms with van der Waals surface area (Å²) >= 11 is 6.06. The first-order chi connectivity index (χ1) is 11.1. The van der Waals surface area contributed by atoms with Gasteiger partial charge in [0.2, 0.25) is 5.91 Å².